The summed E-state index contributed by atoms with van der Waals surface area (Å²) in [6.07, 6.45) is 0.721. The van der Waals surface area contributed by atoms with Crippen LogP contribution < -0.4 is 5.32 Å². The van der Waals surface area contributed by atoms with Crippen LogP contribution in [-0.4, -0.2) is 63.0 Å². The largest absolute Gasteiger partial charge is 0.340 e. The van der Waals surface area contributed by atoms with Crippen molar-refractivity contribution >= 4 is 17.8 Å². The maximum absolute atomic E-state index is 12.4. The molecule has 0 spiro atoms. The number of carbonyl (C=O) groups is 3. The van der Waals surface area contributed by atoms with Crippen LogP contribution in [0.1, 0.15) is 37.9 Å². The third kappa shape index (κ3) is 2.78. The molecule has 3 rings (SSSR count). The Balaban J connectivity index is 1.62. The number of nitrogens with zero attached hydrogens (tertiary/aromatic N) is 4. The minimum Gasteiger partial charge on any atom is -0.340 e. The summed E-state index contributed by atoms with van der Waals surface area (Å²) in [5, 5.41) is 6.31. The third-order valence-corrected chi connectivity index (χ3v) is 4.17. The highest BCUT2D eigenvalue weighted by Crippen LogP contribution is 2.26. The summed E-state index contributed by atoms with van der Waals surface area (Å²) in [5.41, 5.74) is -0.966. The van der Waals surface area contributed by atoms with E-state index in [1.165, 1.54) is 0 Å². The smallest absolute Gasteiger partial charge is 0.325 e. The Labute approximate surface area is 133 Å². The van der Waals surface area contributed by atoms with E-state index >= 15 is 0 Å². The quantitative estimate of drug-likeness (QED) is 0.786. The summed E-state index contributed by atoms with van der Waals surface area (Å²) in [6.45, 7) is 5.71. The molecule has 0 radical (unpaired) electrons. The van der Waals surface area contributed by atoms with E-state index in [2.05, 4.69) is 15.5 Å². The molecule has 9 heteroatoms. The van der Waals surface area contributed by atoms with Crippen molar-refractivity contribution in [2.24, 2.45) is 0 Å². The van der Waals surface area contributed by atoms with E-state index in [1.807, 2.05) is 0 Å². The van der Waals surface area contributed by atoms with E-state index in [9.17, 15) is 14.4 Å². The molecule has 124 valence electrons. The number of carbonyl (C=O) groups excluding carboxylic acids is 3. The van der Waals surface area contributed by atoms with Gasteiger partial charge >= 0.3 is 6.03 Å². The maximum atomic E-state index is 12.4. The minimum absolute atomic E-state index is 0.000280. The van der Waals surface area contributed by atoms with Crippen molar-refractivity contribution < 1.29 is 18.9 Å². The Morgan fingerprint density at radius 1 is 1.43 bits per heavy atom. The molecule has 9 nitrogen and oxygen atoms in total. The number of nitrogens with one attached hydrogen (secondary N) is 1. The molecule has 2 aliphatic rings. The van der Waals surface area contributed by atoms with Gasteiger partial charge in [0.05, 0.1) is 5.92 Å². The summed E-state index contributed by atoms with van der Waals surface area (Å²) < 4.78 is 5.14. The lowest BCUT2D eigenvalue weighted by Gasteiger charge is -2.20. The highest BCUT2D eigenvalue weighted by molar-refractivity contribution is 6.08. The van der Waals surface area contributed by atoms with Crippen molar-refractivity contribution in [1.29, 1.82) is 0 Å². The van der Waals surface area contributed by atoms with Gasteiger partial charge in [0.25, 0.3) is 5.91 Å². The number of likely N-dealkylation sites (tertiary alicyclic amines) is 1. The van der Waals surface area contributed by atoms with E-state index in [4.69, 9.17) is 4.52 Å². The van der Waals surface area contributed by atoms with Gasteiger partial charge in [0.15, 0.2) is 5.82 Å². The molecule has 23 heavy (non-hydrogen) atoms. The average molecular weight is 321 g/mol. The van der Waals surface area contributed by atoms with E-state index in [0.29, 0.717) is 24.8 Å². The Morgan fingerprint density at radius 2 is 2.17 bits per heavy atom. The van der Waals surface area contributed by atoms with Gasteiger partial charge < -0.3 is 14.7 Å². The number of imide groups is 1. The third-order valence-electron chi connectivity index (χ3n) is 4.17. The first-order chi connectivity index (χ1) is 10.8. The first-order valence-electron chi connectivity index (χ1n) is 7.50. The van der Waals surface area contributed by atoms with Gasteiger partial charge in [-0.2, -0.15) is 4.98 Å². The highest BCUT2D eigenvalue weighted by Gasteiger charge is 2.45. The molecule has 1 N–H and O–H groups in total. The molecule has 0 saturated carbocycles. The van der Waals surface area contributed by atoms with Gasteiger partial charge in [-0.1, -0.05) is 5.16 Å². The molecule has 2 fully saturated rings. The molecular weight excluding hydrogens is 302 g/mol. The molecule has 1 aromatic rings. The summed E-state index contributed by atoms with van der Waals surface area (Å²) in [5.74, 6) is 0.434. The monoisotopic (exact) mass is 321 g/mol. The van der Waals surface area contributed by atoms with E-state index in [-0.39, 0.29) is 24.3 Å². The minimum atomic E-state index is -0.966. The second-order valence-corrected chi connectivity index (χ2v) is 6.45. The number of aryl methyl sites for hydroxylation is 1. The number of hydrogen-bond donors (Lipinski definition) is 1. The summed E-state index contributed by atoms with van der Waals surface area (Å²) >= 11 is 0. The zero-order valence-electron chi connectivity index (χ0n) is 13.3. The van der Waals surface area contributed by atoms with Crippen LogP contribution in [0.15, 0.2) is 4.52 Å². The van der Waals surface area contributed by atoms with Gasteiger partial charge in [-0.25, -0.2) is 4.79 Å². The Hall–Kier alpha value is -2.45. The maximum Gasteiger partial charge on any atom is 0.325 e. The van der Waals surface area contributed by atoms with Crippen molar-refractivity contribution in [3.8, 4) is 0 Å². The predicted molar refractivity (Wildman–Crippen MR) is 77.3 cm³/mol. The zero-order valence-corrected chi connectivity index (χ0v) is 13.3. The normalized spacial score (nSPS) is 23.5. The number of urea groups is 1. The second-order valence-electron chi connectivity index (χ2n) is 6.45. The number of amides is 4. The zero-order chi connectivity index (χ0) is 16.8. The molecule has 0 aromatic carbocycles. The summed E-state index contributed by atoms with van der Waals surface area (Å²) in [7, 11) is 0. The first kappa shape index (κ1) is 15.4. The molecule has 2 aliphatic heterocycles. The standard InChI is InChI=1S/C14H19N5O4/c1-8-15-11(23-17-8)9-4-5-18(6-9)10(20)7-19-12(21)14(2,3)16-13(19)22/h9H,4-7H2,1-3H3,(H,16,22)/t9-/m1/s1. The van der Waals surface area contributed by atoms with Crippen LogP contribution in [0.4, 0.5) is 4.79 Å². The van der Waals surface area contributed by atoms with Crippen molar-refractivity contribution in [2.75, 3.05) is 19.6 Å². The average Bonchev–Trinajstić information content (AvgIpc) is 3.14. The molecule has 0 bridgehead atoms. The van der Waals surface area contributed by atoms with E-state index in [1.54, 1.807) is 25.7 Å². The molecule has 3 heterocycles. The fourth-order valence-corrected chi connectivity index (χ4v) is 2.86. The lowest BCUT2D eigenvalue weighted by atomic mass is 10.1. The molecule has 2 saturated heterocycles. The lowest BCUT2D eigenvalue weighted by molar-refractivity contribution is -0.137. The SMILES string of the molecule is Cc1noc([C@@H]2CCN(C(=O)CN3C(=O)NC(C)(C)C3=O)C2)n1. The number of rotatable bonds is 3. The molecule has 0 aliphatic carbocycles. The number of hydrogen-bond acceptors (Lipinski definition) is 6. The van der Waals surface area contributed by atoms with Gasteiger partial charge in [-0.15, -0.1) is 0 Å². The van der Waals surface area contributed by atoms with Crippen molar-refractivity contribution in [3.63, 3.8) is 0 Å². The Bertz CT molecular complexity index is 668. The lowest BCUT2D eigenvalue weighted by Crippen LogP contribution is -2.44. The Morgan fingerprint density at radius 3 is 2.74 bits per heavy atom. The van der Waals surface area contributed by atoms with Crippen LogP contribution in [-0.2, 0) is 9.59 Å². The fourth-order valence-electron chi connectivity index (χ4n) is 2.86. The number of aromatic nitrogens is 2. The van der Waals surface area contributed by atoms with Crippen LogP contribution in [0, 0.1) is 6.92 Å². The van der Waals surface area contributed by atoms with Gasteiger partial charge in [-0.05, 0) is 27.2 Å². The van der Waals surface area contributed by atoms with Gasteiger partial charge in [0.1, 0.15) is 12.1 Å². The summed E-state index contributed by atoms with van der Waals surface area (Å²) in [6, 6.07) is -0.531. The Kier molecular flexibility index (Phi) is 3.57. The summed E-state index contributed by atoms with van der Waals surface area (Å²) in [4.78, 5) is 43.1. The molecule has 4 amide bonds. The van der Waals surface area contributed by atoms with Gasteiger partial charge in [0, 0.05) is 13.1 Å². The van der Waals surface area contributed by atoms with Crippen LogP contribution in [0.25, 0.3) is 0 Å². The van der Waals surface area contributed by atoms with Crippen LogP contribution in [0.3, 0.4) is 0 Å². The van der Waals surface area contributed by atoms with E-state index in [0.717, 1.165) is 11.3 Å². The van der Waals surface area contributed by atoms with Gasteiger partial charge in [0.2, 0.25) is 11.8 Å². The highest BCUT2D eigenvalue weighted by atomic mass is 16.5. The molecule has 1 atom stereocenters. The van der Waals surface area contributed by atoms with Crippen LogP contribution in [0.5, 0.6) is 0 Å². The second kappa shape index (κ2) is 5.32. The fraction of sp³-hybridized carbons (Fsp3) is 0.643. The molecule has 1 aromatic heterocycles. The van der Waals surface area contributed by atoms with Crippen molar-refractivity contribution in [3.05, 3.63) is 11.7 Å². The first-order valence-corrected chi connectivity index (χ1v) is 7.50. The van der Waals surface area contributed by atoms with Gasteiger partial charge in [-0.3, -0.25) is 14.5 Å². The van der Waals surface area contributed by atoms with Crippen LogP contribution in [0.2, 0.25) is 0 Å². The topological polar surface area (TPSA) is 109 Å². The van der Waals surface area contributed by atoms with E-state index < -0.39 is 11.6 Å². The molecular formula is C14H19N5O4. The molecule has 0 unspecified atom stereocenters. The van der Waals surface area contributed by atoms with Crippen molar-refractivity contribution in [2.45, 2.75) is 38.6 Å². The van der Waals surface area contributed by atoms with Crippen molar-refractivity contribution in [1.82, 2.24) is 25.3 Å². The van der Waals surface area contributed by atoms with Crippen LogP contribution >= 0.6 is 0 Å². The predicted octanol–water partition coefficient (Wildman–Crippen LogP) is 0.0243.